The fourth-order valence-electron chi connectivity index (χ4n) is 4.62. The maximum absolute atomic E-state index is 13.5. The molecule has 1 fully saturated rings. The molecular weight excluding hydrogens is 400 g/mol. The van der Waals surface area contributed by atoms with Crippen LogP contribution in [0.2, 0.25) is 0 Å². The standard InChI is InChI=1S/C24H27F2N3O2/c1-18-15-23(27-13-6-3-7-14-27)29(20-10-4-2-5-11-20)28(18)16-19-9-8-12-22-21(19)17-30-24(25,26)31-22/h2,4-5,8-12,15,18H,3,6-7,13-14,16-17H2,1H3. The van der Waals surface area contributed by atoms with Crippen LogP contribution in [0.5, 0.6) is 5.75 Å². The van der Waals surface area contributed by atoms with Crippen LogP contribution in [0, 0.1) is 0 Å². The number of rotatable bonds is 4. The van der Waals surface area contributed by atoms with Crippen LogP contribution in [0.1, 0.15) is 37.3 Å². The zero-order valence-electron chi connectivity index (χ0n) is 17.6. The molecule has 1 saturated heterocycles. The number of ether oxygens (including phenoxy) is 2. The Morgan fingerprint density at radius 3 is 2.55 bits per heavy atom. The van der Waals surface area contributed by atoms with Crippen molar-refractivity contribution in [1.29, 1.82) is 0 Å². The van der Waals surface area contributed by atoms with Gasteiger partial charge in [0.05, 0.1) is 12.3 Å². The zero-order chi connectivity index (χ0) is 21.4. The average molecular weight is 427 g/mol. The second kappa shape index (κ2) is 8.13. The van der Waals surface area contributed by atoms with Crippen molar-refractivity contribution in [1.82, 2.24) is 9.91 Å². The number of halogens is 2. The van der Waals surface area contributed by atoms with E-state index in [1.165, 1.54) is 25.1 Å². The molecule has 5 rings (SSSR count). The highest BCUT2D eigenvalue weighted by Gasteiger charge is 2.40. The molecule has 3 aliphatic rings. The molecule has 0 N–H and O–H groups in total. The van der Waals surface area contributed by atoms with E-state index in [2.05, 4.69) is 44.8 Å². The molecule has 7 heteroatoms. The summed E-state index contributed by atoms with van der Waals surface area (Å²) in [4.78, 5) is 2.46. The van der Waals surface area contributed by atoms with Crippen molar-refractivity contribution in [3.63, 3.8) is 0 Å². The molecule has 2 aromatic carbocycles. The number of piperidine rings is 1. The number of benzene rings is 2. The third-order valence-electron chi connectivity index (χ3n) is 6.19. The smallest absolute Gasteiger partial charge is 0.409 e. The maximum Gasteiger partial charge on any atom is 0.535 e. The van der Waals surface area contributed by atoms with Gasteiger partial charge >= 0.3 is 6.29 Å². The maximum atomic E-state index is 13.5. The summed E-state index contributed by atoms with van der Waals surface area (Å²) in [5, 5.41) is 4.55. The molecule has 2 aromatic rings. The van der Waals surface area contributed by atoms with Gasteiger partial charge in [0.2, 0.25) is 0 Å². The second-order valence-electron chi connectivity index (χ2n) is 8.31. The first-order valence-corrected chi connectivity index (χ1v) is 10.9. The number of likely N-dealkylation sites (tertiary alicyclic amines) is 1. The van der Waals surface area contributed by atoms with Crippen LogP contribution < -0.4 is 9.75 Å². The van der Waals surface area contributed by atoms with Gasteiger partial charge in [0, 0.05) is 31.2 Å². The summed E-state index contributed by atoms with van der Waals surface area (Å²) in [6.07, 6.45) is 2.39. The van der Waals surface area contributed by atoms with Gasteiger partial charge in [-0.2, -0.15) is 0 Å². The summed E-state index contributed by atoms with van der Waals surface area (Å²) < 4.78 is 36.5. The summed E-state index contributed by atoms with van der Waals surface area (Å²) in [7, 11) is 0. The van der Waals surface area contributed by atoms with Crippen LogP contribution in [0.15, 0.2) is 60.4 Å². The minimum Gasteiger partial charge on any atom is -0.409 e. The molecule has 0 spiro atoms. The Morgan fingerprint density at radius 2 is 1.77 bits per heavy atom. The third kappa shape index (κ3) is 4.00. The van der Waals surface area contributed by atoms with Gasteiger partial charge < -0.3 is 9.64 Å². The van der Waals surface area contributed by atoms with E-state index in [0.717, 1.165) is 24.3 Å². The molecule has 1 atom stereocenters. The number of nitrogens with zero attached hydrogens (tertiary/aromatic N) is 3. The largest absolute Gasteiger partial charge is 0.535 e. The van der Waals surface area contributed by atoms with Crippen LogP contribution >= 0.6 is 0 Å². The number of hydrazine groups is 1. The SMILES string of the molecule is CC1C=C(N2CCCCC2)N(c2ccccc2)N1Cc1cccc2c1COC(F)(F)O2. The molecule has 0 amide bonds. The number of anilines is 1. The minimum atomic E-state index is -3.58. The van der Waals surface area contributed by atoms with E-state index in [1.807, 2.05) is 24.3 Å². The lowest BCUT2D eigenvalue weighted by Crippen LogP contribution is -2.45. The van der Waals surface area contributed by atoms with E-state index in [0.29, 0.717) is 12.1 Å². The Bertz CT molecular complexity index is 961. The lowest BCUT2D eigenvalue weighted by atomic mass is 10.1. The van der Waals surface area contributed by atoms with Crippen molar-refractivity contribution in [2.24, 2.45) is 0 Å². The first-order chi connectivity index (χ1) is 15.0. The van der Waals surface area contributed by atoms with Gasteiger partial charge in [-0.1, -0.05) is 30.3 Å². The van der Waals surface area contributed by atoms with Crippen molar-refractivity contribution in [3.05, 3.63) is 71.6 Å². The minimum absolute atomic E-state index is 0.153. The van der Waals surface area contributed by atoms with E-state index in [-0.39, 0.29) is 18.4 Å². The van der Waals surface area contributed by atoms with Gasteiger partial charge in [-0.05, 0) is 56.0 Å². The Balaban J connectivity index is 1.47. The molecule has 0 aliphatic carbocycles. The number of para-hydroxylation sites is 1. The predicted molar refractivity (Wildman–Crippen MR) is 114 cm³/mol. The Kier molecular flexibility index (Phi) is 5.32. The topological polar surface area (TPSA) is 28.2 Å². The highest BCUT2D eigenvalue weighted by molar-refractivity contribution is 5.53. The molecule has 5 nitrogen and oxygen atoms in total. The quantitative estimate of drug-likeness (QED) is 0.677. The van der Waals surface area contributed by atoms with Crippen LogP contribution in [-0.4, -0.2) is 35.3 Å². The first kappa shape index (κ1) is 20.3. The van der Waals surface area contributed by atoms with Crippen LogP contribution in [0.25, 0.3) is 0 Å². The summed E-state index contributed by atoms with van der Waals surface area (Å²) in [5.74, 6) is 1.39. The summed E-state index contributed by atoms with van der Waals surface area (Å²) in [6.45, 7) is 4.66. The van der Waals surface area contributed by atoms with Gasteiger partial charge in [-0.25, -0.2) is 5.01 Å². The molecule has 3 heterocycles. The van der Waals surface area contributed by atoms with E-state index >= 15 is 0 Å². The number of hydrogen-bond donors (Lipinski definition) is 0. The Morgan fingerprint density at radius 1 is 1.00 bits per heavy atom. The molecular formula is C24H27F2N3O2. The fourth-order valence-corrected chi connectivity index (χ4v) is 4.62. The first-order valence-electron chi connectivity index (χ1n) is 10.9. The normalized spacial score (nSPS) is 23.3. The van der Waals surface area contributed by atoms with Crippen LogP contribution in [-0.2, 0) is 17.9 Å². The molecule has 0 aromatic heterocycles. The van der Waals surface area contributed by atoms with Crippen molar-refractivity contribution in [3.8, 4) is 5.75 Å². The number of alkyl halides is 2. The van der Waals surface area contributed by atoms with E-state index < -0.39 is 6.29 Å². The molecule has 0 bridgehead atoms. The molecule has 1 unspecified atom stereocenters. The molecule has 0 saturated carbocycles. The zero-order valence-corrected chi connectivity index (χ0v) is 17.6. The summed E-state index contributed by atoms with van der Waals surface area (Å²) in [6, 6.07) is 15.8. The molecule has 31 heavy (non-hydrogen) atoms. The lowest BCUT2D eigenvalue weighted by Gasteiger charge is -2.40. The van der Waals surface area contributed by atoms with Gasteiger partial charge in [-0.15, -0.1) is 8.78 Å². The number of hydrogen-bond acceptors (Lipinski definition) is 5. The van der Waals surface area contributed by atoms with Crippen LogP contribution in [0.4, 0.5) is 14.5 Å². The van der Waals surface area contributed by atoms with E-state index in [4.69, 9.17) is 4.74 Å². The van der Waals surface area contributed by atoms with Crippen molar-refractivity contribution in [2.75, 3.05) is 18.1 Å². The third-order valence-corrected chi connectivity index (χ3v) is 6.19. The van der Waals surface area contributed by atoms with Gasteiger partial charge in [-0.3, -0.25) is 9.75 Å². The average Bonchev–Trinajstić information content (AvgIpc) is 3.10. The number of fused-ring (bicyclic) bond motifs is 1. The summed E-state index contributed by atoms with van der Waals surface area (Å²) >= 11 is 0. The van der Waals surface area contributed by atoms with Crippen LogP contribution in [0.3, 0.4) is 0 Å². The van der Waals surface area contributed by atoms with E-state index in [9.17, 15) is 8.78 Å². The molecule has 3 aliphatic heterocycles. The monoisotopic (exact) mass is 427 g/mol. The van der Waals surface area contributed by atoms with Gasteiger partial charge in [0.25, 0.3) is 0 Å². The predicted octanol–water partition coefficient (Wildman–Crippen LogP) is 5.10. The van der Waals surface area contributed by atoms with Crippen molar-refractivity contribution < 1.29 is 18.3 Å². The summed E-state index contributed by atoms with van der Waals surface area (Å²) in [5.41, 5.74) is 2.70. The van der Waals surface area contributed by atoms with Gasteiger partial charge in [0.15, 0.2) is 0 Å². The lowest BCUT2D eigenvalue weighted by molar-refractivity contribution is -0.368. The second-order valence-corrected chi connectivity index (χ2v) is 8.31. The Labute approximate surface area is 181 Å². The highest BCUT2D eigenvalue weighted by Crippen LogP contribution is 2.38. The highest BCUT2D eigenvalue weighted by atomic mass is 19.3. The van der Waals surface area contributed by atoms with Crippen molar-refractivity contribution >= 4 is 5.69 Å². The molecule has 0 radical (unpaired) electrons. The van der Waals surface area contributed by atoms with E-state index in [1.54, 1.807) is 12.1 Å². The fraction of sp³-hybridized carbons (Fsp3) is 0.417. The molecule has 164 valence electrons. The Hall–Kier alpha value is -2.64. The van der Waals surface area contributed by atoms with Gasteiger partial charge in [0.1, 0.15) is 11.6 Å². The van der Waals surface area contributed by atoms with Crippen molar-refractivity contribution in [2.45, 2.75) is 51.7 Å².